The van der Waals surface area contributed by atoms with Crippen LogP contribution in [-0.4, -0.2) is 35.5 Å². The molecule has 2 aliphatic rings. The normalized spacial score (nSPS) is 35.6. The molecule has 5 atom stereocenters. The van der Waals surface area contributed by atoms with E-state index in [4.69, 9.17) is 10.5 Å². The van der Waals surface area contributed by atoms with Crippen LogP contribution in [0.4, 0.5) is 0 Å². The quantitative estimate of drug-likeness (QED) is 0.913. The number of nitrogens with two attached hydrogens (primary N) is 1. The van der Waals surface area contributed by atoms with Crippen molar-refractivity contribution in [3.8, 4) is 0 Å². The first-order valence-electron chi connectivity index (χ1n) is 8.32. The average Bonchev–Trinajstić information content (AvgIpc) is 2.95. The van der Waals surface area contributed by atoms with Crippen molar-refractivity contribution >= 4 is 5.91 Å². The molecule has 1 aliphatic carbocycles. The average molecular weight is 302 g/mol. The van der Waals surface area contributed by atoms with Crippen molar-refractivity contribution in [2.45, 2.75) is 57.3 Å². The molecular weight excluding hydrogens is 276 g/mol. The molecule has 3 rings (SSSR count). The highest BCUT2D eigenvalue weighted by atomic mass is 16.5. The Balaban J connectivity index is 1.78. The van der Waals surface area contributed by atoms with Gasteiger partial charge in [0.15, 0.2) is 0 Å². The Morgan fingerprint density at radius 2 is 1.95 bits per heavy atom. The van der Waals surface area contributed by atoms with Crippen molar-refractivity contribution in [2.24, 2.45) is 11.7 Å². The van der Waals surface area contributed by atoms with Crippen LogP contribution in [-0.2, 0) is 9.53 Å². The number of hydrogen-bond acceptors (Lipinski definition) is 3. The molecule has 1 heterocycles. The van der Waals surface area contributed by atoms with Crippen LogP contribution >= 0.6 is 0 Å². The van der Waals surface area contributed by atoms with E-state index in [0.29, 0.717) is 6.61 Å². The van der Waals surface area contributed by atoms with E-state index in [1.54, 1.807) is 0 Å². The van der Waals surface area contributed by atoms with Gasteiger partial charge in [-0.3, -0.25) is 4.79 Å². The Morgan fingerprint density at radius 1 is 1.23 bits per heavy atom. The fourth-order valence-corrected chi connectivity index (χ4v) is 3.90. The predicted octanol–water partition coefficient (Wildman–Crippen LogP) is 2.49. The molecule has 1 aromatic rings. The highest BCUT2D eigenvalue weighted by Crippen LogP contribution is 2.34. The van der Waals surface area contributed by atoms with Gasteiger partial charge in [0.25, 0.3) is 0 Å². The Hall–Kier alpha value is -1.39. The summed E-state index contributed by atoms with van der Waals surface area (Å²) in [5, 5.41) is 0. The summed E-state index contributed by atoms with van der Waals surface area (Å²) in [6.45, 7) is 4.76. The molecule has 4 nitrogen and oxygen atoms in total. The van der Waals surface area contributed by atoms with Crippen LogP contribution in [0, 0.1) is 5.92 Å². The van der Waals surface area contributed by atoms with Crippen molar-refractivity contribution in [1.29, 1.82) is 0 Å². The van der Waals surface area contributed by atoms with Crippen LogP contribution in [0.5, 0.6) is 0 Å². The van der Waals surface area contributed by atoms with Gasteiger partial charge in [-0.05, 0) is 38.7 Å². The molecule has 2 N–H and O–H groups in total. The minimum Gasteiger partial charge on any atom is -0.369 e. The van der Waals surface area contributed by atoms with Crippen LogP contribution in [0.2, 0.25) is 0 Å². The molecule has 1 amide bonds. The monoisotopic (exact) mass is 302 g/mol. The van der Waals surface area contributed by atoms with Gasteiger partial charge in [-0.2, -0.15) is 0 Å². The third-order valence-corrected chi connectivity index (χ3v) is 5.07. The number of amides is 1. The number of benzene rings is 1. The molecule has 1 saturated heterocycles. The minimum atomic E-state index is -0.0450. The first-order chi connectivity index (χ1) is 10.6. The highest BCUT2D eigenvalue weighted by molar-refractivity contribution is 5.80. The van der Waals surface area contributed by atoms with Gasteiger partial charge in [-0.15, -0.1) is 0 Å². The maximum absolute atomic E-state index is 13.0. The van der Waals surface area contributed by atoms with Gasteiger partial charge in [0.05, 0.1) is 18.7 Å². The number of carbonyl (C=O) groups excluding carboxylic acids is 1. The first-order valence-corrected chi connectivity index (χ1v) is 8.32. The fourth-order valence-electron chi connectivity index (χ4n) is 3.90. The van der Waals surface area contributed by atoms with Crippen molar-refractivity contribution in [3.63, 3.8) is 0 Å². The molecule has 0 bridgehead atoms. The zero-order valence-electron chi connectivity index (χ0n) is 13.4. The highest BCUT2D eigenvalue weighted by Gasteiger charge is 2.40. The molecule has 0 spiro atoms. The number of hydrogen-bond donors (Lipinski definition) is 1. The summed E-state index contributed by atoms with van der Waals surface area (Å²) in [7, 11) is 0. The van der Waals surface area contributed by atoms with Crippen molar-refractivity contribution < 1.29 is 9.53 Å². The summed E-state index contributed by atoms with van der Waals surface area (Å²) in [4.78, 5) is 15.0. The lowest BCUT2D eigenvalue weighted by Gasteiger charge is -2.45. The van der Waals surface area contributed by atoms with Crippen LogP contribution < -0.4 is 5.73 Å². The Morgan fingerprint density at radius 3 is 2.59 bits per heavy atom. The lowest BCUT2D eigenvalue weighted by atomic mass is 9.96. The van der Waals surface area contributed by atoms with Gasteiger partial charge < -0.3 is 15.4 Å². The van der Waals surface area contributed by atoms with E-state index in [1.165, 1.54) is 0 Å². The van der Waals surface area contributed by atoms with Crippen LogP contribution in [0.3, 0.4) is 0 Å². The number of rotatable bonds is 2. The lowest BCUT2D eigenvalue weighted by molar-refractivity contribution is -0.157. The molecule has 0 unspecified atom stereocenters. The molecule has 22 heavy (non-hydrogen) atoms. The summed E-state index contributed by atoms with van der Waals surface area (Å²) in [6.07, 6.45) is 2.67. The largest absolute Gasteiger partial charge is 0.369 e. The molecule has 4 heteroatoms. The van der Waals surface area contributed by atoms with Crippen LogP contribution in [0.1, 0.15) is 44.8 Å². The lowest BCUT2D eigenvalue weighted by Crippen LogP contribution is -2.55. The second kappa shape index (κ2) is 6.39. The standard InChI is InChI=1S/C18H26N2O2/c1-12-11-22-17(14-6-4-3-5-7-14)13(2)20(12)18(21)15-8-9-16(19)10-15/h3-7,12-13,15-17H,8-11,19H2,1-2H3/t12-,13+,15+,16+,17+/m1/s1. The zero-order chi connectivity index (χ0) is 15.7. The topological polar surface area (TPSA) is 55.6 Å². The fraction of sp³-hybridized carbons (Fsp3) is 0.611. The SMILES string of the molecule is C[C@@H]1CO[C@H](c2ccccc2)[C@H](C)N1C(=O)[C@H]1CC[C@H](N)C1. The molecule has 1 saturated carbocycles. The number of ether oxygens (including phenoxy) is 1. The summed E-state index contributed by atoms with van der Waals surface area (Å²) >= 11 is 0. The molecule has 2 fully saturated rings. The van der Waals surface area contributed by atoms with E-state index in [1.807, 2.05) is 23.1 Å². The van der Waals surface area contributed by atoms with Crippen molar-refractivity contribution in [1.82, 2.24) is 4.90 Å². The molecule has 0 aromatic heterocycles. The zero-order valence-corrected chi connectivity index (χ0v) is 13.4. The van der Waals surface area contributed by atoms with E-state index < -0.39 is 0 Å². The molecular formula is C18H26N2O2. The van der Waals surface area contributed by atoms with E-state index >= 15 is 0 Å². The summed E-state index contributed by atoms with van der Waals surface area (Å²) in [5.74, 6) is 0.353. The van der Waals surface area contributed by atoms with E-state index in [-0.39, 0.29) is 36.1 Å². The second-order valence-electron chi connectivity index (χ2n) is 6.77. The van der Waals surface area contributed by atoms with Crippen molar-refractivity contribution in [3.05, 3.63) is 35.9 Å². The Labute approximate surface area is 132 Å². The number of nitrogens with zero attached hydrogens (tertiary/aromatic N) is 1. The van der Waals surface area contributed by atoms with Crippen molar-refractivity contribution in [2.75, 3.05) is 6.61 Å². The van der Waals surface area contributed by atoms with Gasteiger partial charge >= 0.3 is 0 Å². The third kappa shape index (κ3) is 2.90. The van der Waals surface area contributed by atoms with Gasteiger partial charge in [0.2, 0.25) is 5.91 Å². The molecule has 0 radical (unpaired) electrons. The number of carbonyl (C=O) groups is 1. The molecule has 1 aromatic carbocycles. The first kappa shape index (κ1) is 15.5. The van der Waals surface area contributed by atoms with Crippen LogP contribution in [0.25, 0.3) is 0 Å². The van der Waals surface area contributed by atoms with Gasteiger partial charge in [0.1, 0.15) is 6.10 Å². The van der Waals surface area contributed by atoms with Gasteiger partial charge in [-0.25, -0.2) is 0 Å². The van der Waals surface area contributed by atoms with Gasteiger partial charge in [-0.1, -0.05) is 30.3 Å². The second-order valence-corrected chi connectivity index (χ2v) is 6.77. The van der Waals surface area contributed by atoms with E-state index in [2.05, 4.69) is 26.0 Å². The summed E-state index contributed by atoms with van der Waals surface area (Å²) in [6, 6.07) is 10.6. The Bertz CT molecular complexity index is 519. The smallest absolute Gasteiger partial charge is 0.226 e. The maximum Gasteiger partial charge on any atom is 0.226 e. The van der Waals surface area contributed by atoms with Crippen LogP contribution in [0.15, 0.2) is 30.3 Å². The summed E-state index contributed by atoms with van der Waals surface area (Å²) < 4.78 is 6.03. The molecule has 120 valence electrons. The minimum absolute atomic E-state index is 0.0450. The van der Waals surface area contributed by atoms with Gasteiger partial charge in [0, 0.05) is 12.0 Å². The molecule has 1 aliphatic heterocycles. The van der Waals surface area contributed by atoms with E-state index in [9.17, 15) is 4.79 Å². The number of morpholine rings is 1. The maximum atomic E-state index is 13.0. The van der Waals surface area contributed by atoms with E-state index in [0.717, 1.165) is 24.8 Å². The Kier molecular flexibility index (Phi) is 4.50. The third-order valence-electron chi connectivity index (χ3n) is 5.07. The predicted molar refractivity (Wildman–Crippen MR) is 86.2 cm³/mol. The summed E-state index contributed by atoms with van der Waals surface area (Å²) in [5.41, 5.74) is 7.13.